The third-order valence-electron chi connectivity index (χ3n) is 3.97. The molecule has 0 aliphatic carbocycles. The summed E-state index contributed by atoms with van der Waals surface area (Å²) >= 11 is 0. The summed E-state index contributed by atoms with van der Waals surface area (Å²) in [6.45, 7) is 14.5. The normalized spacial score (nSPS) is 16.1. The molecule has 0 saturated carbocycles. The van der Waals surface area contributed by atoms with E-state index < -0.39 is 5.60 Å². The lowest BCUT2D eigenvalue weighted by Gasteiger charge is -2.16. The van der Waals surface area contributed by atoms with Gasteiger partial charge >= 0.3 is 0 Å². The maximum absolute atomic E-state index is 9.85. The van der Waals surface area contributed by atoms with Gasteiger partial charge in [-0.3, -0.25) is 0 Å². The molecule has 0 spiro atoms. The Balaban J connectivity index is 3.91. The Morgan fingerprint density at radius 1 is 1.10 bits per heavy atom. The quantitative estimate of drug-likeness (QED) is 0.449. The van der Waals surface area contributed by atoms with E-state index in [2.05, 4.69) is 46.4 Å². The zero-order valence-electron chi connectivity index (χ0n) is 14.9. The highest BCUT2D eigenvalue weighted by Crippen LogP contribution is 2.17. The molecule has 0 rings (SSSR count). The van der Waals surface area contributed by atoms with Gasteiger partial charge < -0.3 is 5.11 Å². The molecule has 0 amide bonds. The molecule has 0 aromatic carbocycles. The fourth-order valence-electron chi connectivity index (χ4n) is 2.25. The topological polar surface area (TPSA) is 20.2 Å². The molecule has 0 heterocycles. The molecule has 0 radical (unpaired) electrons. The Morgan fingerprint density at radius 2 is 1.67 bits per heavy atom. The van der Waals surface area contributed by atoms with Gasteiger partial charge in [-0.1, -0.05) is 49.6 Å². The van der Waals surface area contributed by atoms with Gasteiger partial charge in [0.25, 0.3) is 0 Å². The van der Waals surface area contributed by atoms with Crippen molar-refractivity contribution in [3.8, 4) is 0 Å². The van der Waals surface area contributed by atoms with E-state index in [1.165, 1.54) is 30.4 Å². The third kappa shape index (κ3) is 12.6. The van der Waals surface area contributed by atoms with Gasteiger partial charge in [0, 0.05) is 0 Å². The number of aliphatic hydroxyl groups is 1. The van der Waals surface area contributed by atoms with Crippen molar-refractivity contribution < 1.29 is 5.11 Å². The standard InChI is InChI=1S/C20H36O/c1-7-20(6,21)16-10-15-19(5)14-9-13-18(4)12-8-11-17(2)3/h7,13,15,17,21H,1,8-12,14,16H2,2-6H3/b18-13+,19-15+. The first-order chi connectivity index (χ1) is 9.76. The first-order valence-electron chi connectivity index (χ1n) is 8.44. The smallest absolute Gasteiger partial charge is 0.0800 e. The van der Waals surface area contributed by atoms with E-state index >= 15 is 0 Å². The van der Waals surface area contributed by atoms with Crippen molar-refractivity contribution in [2.24, 2.45) is 5.92 Å². The molecular weight excluding hydrogens is 256 g/mol. The molecule has 1 heteroatoms. The lowest BCUT2D eigenvalue weighted by Crippen LogP contribution is -2.19. The van der Waals surface area contributed by atoms with Crippen molar-refractivity contribution in [1.82, 2.24) is 0 Å². The summed E-state index contributed by atoms with van der Waals surface area (Å²) in [7, 11) is 0. The van der Waals surface area contributed by atoms with E-state index in [0.29, 0.717) is 0 Å². The van der Waals surface area contributed by atoms with Gasteiger partial charge in [-0.2, -0.15) is 0 Å². The summed E-state index contributed by atoms with van der Waals surface area (Å²) in [6, 6.07) is 0. The molecule has 122 valence electrons. The summed E-state index contributed by atoms with van der Waals surface area (Å²) < 4.78 is 0. The van der Waals surface area contributed by atoms with Crippen LogP contribution in [0.15, 0.2) is 36.0 Å². The molecule has 0 aromatic heterocycles. The summed E-state index contributed by atoms with van der Waals surface area (Å²) in [5.41, 5.74) is 2.21. The van der Waals surface area contributed by atoms with Crippen molar-refractivity contribution in [3.63, 3.8) is 0 Å². The Morgan fingerprint density at radius 3 is 2.24 bits per heavy atom. The summed E-state index contributed by atoms with van der Waals surface area (Å²) in [6.07, 6.45) is 14.1. The summed E-state index contributed by atoms with van der Waals surface area (Å²) in [4.78, 5) is 0. The molecule has 1 nitrogen and oxygen atoms in total. The van der Waals surface area contributed by atoms with E-state index in [1.807, 2.05) is 6.92 Å². The first-order valence-corrected chi connectivity index (χ1v) is 8.44. The lowest BCUT2D eigenvalue weighted by atomic mass is 9.98. The van der Waals surface area contributed by atoms with Gasteiger partial charge in [-0.25, -0.2) is 0 Å². The van der Waals surface area contributed by atoms with Gasteiger partial charge in [0.2, 0.25) is 0 Å². The molecule has 0 fully saturated rings. The van der Waals surface area contributed by atoms with Crippen molar-refractivity contribution in [2.45, 2.75) is 85.2 Å². The monoisotopic (exact) mass is 292 g/mol. The average molecular weight is 293 g/mol. The maximum atomic E-state index is 9.85. The van der Waals surface area contributed by atoms with Crippen LogP contribution >= 0.6 is 0 Å². The van der Waals surface area contributed by atoms with Gasteiger partial charge in [-0.05, 0) is 65.2 Å². The van der Waals surface area contributed by atoms with Gasteiger partial charge in [0.1, 0.15) is 0 Å². The second-order valence-corrected chi connectivity index (χ2v) is 7.03. The molecule has 0 aromatic rings. The molecular formula is C20H36O. The Kier molecular flexibility index (Phi) is 10.4. The molecule has 0 aliphatic rings. The zero-order valence-corrected chi connectivity index (χ0v) is 14.9. The molecule has 21 heavy (non-hydrogen) atoms. The fraction of sp³-hybridized carbons (Fsp3) is 0.700. The number of allylic oxidation sites excluding steroid dienone is 4. The van der Waals surface area contributed by atoms with Crippen molar-refractivity contribution in [1.29, 1.82) is 0 Å². The van der Waals surface area contributed by atoms with Crippen LogP contribution in [0.3, 0.4) is 0 Å². The largest absolute Gasteiger partial charge is 0.386 e. The second-order valence-electron chi connectivity index (χ2n) is 7.03. The molecule has 1 atom stereocenters. The summed E-state index contributed by atoms with van der Waals surface area (Å²) in [5.74, 6) is 0.816. The third-order valence-corrected chi connectivity index (χ3v) is 3.97. The van der Waals surface area contributed by atoms with E-state index in [-0.39, 0.29) is 0 Å². The van der Waals surface area contributed by atoms with Crippen LogP contribution in [0.5, 0.6) is 0 Å². The van der Waals surface area contributed by atoms with Crippen LogP contribution in [0.1, 0.15) is 79.6 Å². The van der Waals surface area contributed by atoms with Crippen molar-refractivity contribution in [3.05, 3.63) is 36.0 Å². The zero-order chi connectivity index (χ0) is 16.3. The van der Waals surface area contributed by atoms with Crippen LogP contribution in [-0.4, -0.2) is 10.7 Å². The number of hydrogen-bond donors (Lipinski definition) is 1. The highest BCUT2D eigenvalue weighted by atomic mass is 16.3. The van der Waals surface area contributed by atoms with Crippen molar-refractivity contribution >= 4 is 0 Å². The highest BCUT2D eigenvalue weighted by Gasteiger charge is 2.13. The lowest BCUT2D eigenvalue weighted by molar-refractivity contribution is 0.103. The maximum Gasteiger partial charge on any atom is 0.0800 e. The Hall–Kier alpha value is -0.820. The number of rotatable bonds is 11. The van der Waals surface area contributed by atoms with E-state index in [0.717, 1.165) is 31.6 Å². The van der Waals surface area contributed by atoms with E-state index in [1.54, 1.807) is 6.08 Å². The van der Waals surface area contributed by atoms with Crippen LogP contribution < -0.4 is 0 Å². The molecule has 1 unspecified atom stereocenters. The van der Waals surface area contributed by atoms with Crippen LogP contribution in [0, 0.1) is 5.92 Å². The minimum Gasteiger partial charge on any atom is -0.386 e. The van der Waals surface area contributed by atoms with Crippen LogP contribution in [0.25, 0.3) is 0 Å². The van der Waals surface area contributed by atoms with Crippen molar-refractivity contribution in [2.75, 3.05) is 0 Å². The molecule has 0 aliphatic heterocycles. The van der Waals surface area contributed by atoms with Gasteiger partial charge in [-0.15, -0.1) is 6.58 Å². The summed E-state index contributed by atoms with van der Waals surface area (Å²) in [5, 5.41) is 9.85. The van der Waals surface area contributed by atoms with Gasteiger partial charge in [0.05, 0.1) is 5.60 Å². The Labute approximate surface area is 132 Å². The fourth-order valence-corrected chi connectivity index (χ4v) is 2.25. The van der Waals surface area contributed by atoms with Crippen LogP contribution in [-0.2, 0) is 0 Å². The van der Waals surface area contributed by atoms with Gasteiger partial charge in [0.15, 0.2) is 0 Å². The predicted octanol–water partition coefficient (Wildman–Crippen LogP) is 6.20. The number of hydrogen-bond acceptors (Lipinski definition) is 1. The first kappa shape index (κ1) is 20.2. The highest BCUT2D eigenvalue weighted by molar-refractivity contribution is 5.04. The average Bonchev–Trinajstić information content (AvgIpc) is 2.38. The second kappa shape index (κ2) is 10.8. The molecule has 0 saturated heterocycles. The minimum absolute atomic E-state index is 0.732. The van der Waals surface area contributed by atoms with Crippen LogP contribution in [0.4, 0.5) is 0 Å². The Bertz CT molecular complexity index is 345. The van der Waals surface area contributed by atoms with Crippen LogP contribution in [0.2, 0.25) is 0 Å². The molecule has 0 bridgehead atoms. The molecule has 1 N–H and O–H groups in total. The minimum atomic E-state index is -0.732. The van der Waals surface area contributed by atoms with E-state index in [4.69, 9.17) is 0 Å². The predicted molar refractivity (Wildman–Crippen MR) is 95.5 cm³/mol. The van der Waals surface area contributed by atoms with E-state index in [9.17, 15) is 5.11 Å². The SMILES string of the molecule is C=CC(C)(O)CC/C=C(\C)CC/C=C(\C)CCCC(C)C.